The van der Waals surface area contributed by atoms with Crippen LogP contribution in [0.2, 0.25) is 0 Å². The molecule has 0 bridgehead atoms. The lowest BCUT2D eigenvalue weighted by Crippen LogP contribution is -2.27. The van der Waals surface area contributed by atoms with Gasteiger partial charge in [-0.15, -0.1) is 0 Å². The maximum absolute atomic E-state index is 5.94. The Kier molecular flexibility index (Phi) is 5.31. The van der Waals surface area contributed by atoms with Crippen molar-refractivity contribution in [1.82, 2.24) is 4.98 Å². The van der Waals surface area contributed by atoms with E-state index < -0.39 is 5.54 Å². The summed E-state index contributed by atoms with van der Waals surface area (Å²) in [6.45, 7) is 4.34. The van der Waals surface area contributed by atoms with Gasteiger partial charge in [0.15, 0.2) is 5.54 Å². The Morgan fingerprint density at radius 2 is 1.77 bits per heavy atom. The average Bonchev–Trinajstić information content (AvgIpc) is 3.17. The molecule has 3 aromatic rings. The molecule has 6 nitrogen and oxygen atoms in total. The number of rotatable bonds is 6. The third kappa shape index (κ3) is 3.81. The summed E-state index contributed by atoms with van der Waals surface area (Å²) in [5.41, 5.74) is 9.17. The van der Waals surface area contributed by atoms with E-state index in [2.05, 4.69) is 11.1 Å². The summed E-state index contributed by atoms with van der Waals surface area (Å²) in [6, 6.07) is 18.3. The van der Waals surface area contributed by atoms with E-state index in [-0.39, 0.29) is 12.1 Å². The van der Waals surface area contributed by atoms with Crippen molar-refractivity contribution >= 4 is 6.02 Å². The second-order valence-electron chi connectivity index (χ2n) is 7.48. The van der Waals surface area contributed by atoms with E-state index in [0.29, 0.717) is 12.4 Å². The van der Waals surface area contributed by atoms with E-state index in [9.17, 15) is 0 Å². The zero-order valence-electron chi connectivity index (χ0n) is 17.3. The van der Waals surface area contributed by atoms with Crippen molar-refractivity contribution in [3.63, 3.8) is 0 Å². The first-order chi connectivity index (χ1) is 14.5. The molecule has 0 unspecified atom stereocenters. The van der Waals surface area contributed by atoms with Crippen LogP contribution in [0.1, 0.15) is 25.0 Å². The Morgan fingerprint density at radius 1 is 0.967 bits per heavy atom. The molecule has 0 saturated heterocycles. The third-order valence-electron chi connectivity index (χ3n) is 5.06. The molecule has 1 aliphatic rings. The molecule has 2 aromatic carbocycles. The molecular weight excluding hydrogens is 378 g/mol. The van der Waals surface area contributed by atoms with E-state index in [1.54, 1.807) is 13.3 Å². The lowest BCUT2D eigenvalue weighted by molar-refractivity contribution is 0.242. The van der Waals surface area contributed by atoms with Crippen molar-refractivity contribution in [3.8, 4) is 22.6 Å². The summed E-state index contributed by atoms with van der Waals surface area (Å²) in [4.78, 5) is 8.98. The number of benzene rings is 2. The van der Waals surface area contributed by atoms with Crippen LogP contribution < -0.4 is 15.2 Å². The molecule has 6 heteroatoms. The molecule has 2 heterocycles. The van der Waals surface area contributed by atoms with Gasteiger partial charge in [-0.1, -0.05) is 30.3 Å². The van der Waals surface area contributed by atoms with Crippen LogP contribution in [0.5, 0.6) is 11.5 Å². The van der Waals surface area contributed by atoms with E-state index in [1.165, 1.54) is 0 Å². The minimum Gasteiger partial charge on any atom is -0.495 e. The minimum atomic E-state index is -0.719. The van der Waals surface area contributed by atoms with Gasteiger partial charge in [0.25, 0.3) is 6.02 Å². The van der Waals surface area contributed by atoms with Gasteiger partial charge < -0.3 is 19.9 Å². The van der Waals surface area contributed by atoms with E-state index >= 15 is 0 Å². The molecule has 0 saturated carbocycles. The monoisotopic (exact) mass is 403 g/mol. The smallest absolute Gasteiger partial charge is 0.283 e. The van der Waals surface area contributed by atoms with Crippen LogP contribution in [0.3, 0.4) is 0 Å². The Hall–Kier alpha value is -3.54. The summed E-state index contributed by atoms with van der Waals surface area (Å²) in [5.74, 6) is 1.52. The largest absolute Gasteiger partial charge is 0.495 e. The van der Waals surface area contributed by atoms with Crippen molar-refractivity contribution in [1.29, 1.82) is 0 Å². The number of aliphatic imine (C=N–C) groups is 1. The van der Waals surface area contributed by atoms with Gasteiger partial charge in [0.2, 0.25) is 0 Å². The van der Waals surface area contributed by atoms with Gasteiger partial charge in [-0.2, -0.15) is 0 Å². The van der Waals surface area contributed by atoms with Gasteiger partial charge >= 0.3 is 0 Å². The molecule has 30 heavy (non-hydrogen) atoms. The Morgan fingerprint density at radius 3 is 2.43 bits per heavy atom. The summed E-state index contributed by atoms with van der Waals surface area (Å²) >= 11 is 0. The first kappa shape index (κ1) is 19.8. The fourth-order valence-electron chi connectivity index (χ4n) is 3.62. The van der Waals surface area contributed by atoms with E-state index in [4.69, 9.17) is 24.9 Å². The van der Waals surface area contributed by atoms with Gasteiger partial charge in [-0.25, -0.2) is 4.99 Å². The van der Waals surface area contributed by atoms with Gasteiger partial charge in [-0.3, -0.25) is 4.98 Å². The number of hydrogen-bond acceptors (Lipinski definition) is 6. The first-order valence-corrected chi connectivity index (χ1v) is 9.85. The number of nitrogens with zero attached hydrogens (tertiary/aromatic N) is 2. The maximum Gasteiger partial charge on any atom is 0.283 e. The molecule has 0 spiro atoms. The molecule has 2 N–H and O–H groups in total. The summed E-state index contributed by atoms with van der Waals surface area (Å²) in [6.07, 6.45) is 3.61. The van der Waals surface area contributed by atoms with E-state index in [0.717, 1.165) is 28.0 Å². The normalized spacial score (nSPS) is 18.1. The third-order valence-corrected chi connectivity index (χ3v) is 5.06. The highest BCUT2D eigenvalue weighted by Crippen LogP contribution is 2.39. The van der Waals surface area contributed by atoms with Crippen molar-refractivity contribution < 1.29 is 14.2 Å². The number of methoxy groups -OCH3 is 1. The average molecular weight is 403 g/mol. The zero-order chi connectivity index (χ0) is 21.1. The Labute approximate surface area is 176 Å². The van der Waals surface area contributed by atoms with Crippen molar-refractivity contribution in [3.05, 3.63) is 78.1 Å². The summed E-state index contributed by atoms with van der Waals surface area (Å²) in [5, 5.41) is 0. The first-order valence-electron chi connectivity index (χ1n) is 9.85. The van der Waals surface area contributed by atoms with Gasteiger partial charge in [0, 0.05) is 11.8 Å². The number of nitrogens with two attached hydrogens (primary N) is 1. The molecule has 1 aliphatic heterocycles. The molecule has 1 aromatic heterocycles. The van der Waals surface area contributed by atoms with Crippen LogP contribution in [-0.2, 0) is 10.3 Å². The molecule has 1 atom stereocenters. The van der Waals surface area contributed by atoms with Gasteiger partial charge in [0.05, 0.1) is 19.4 Å². The molecule has 0 radical (unpaired) electrons. The fraction of sp³-hybridized carbons (Fsp3) is 0.250. The number of ether oxygens (including phenoxy) is 3. The van der Waals surface area contributed by atoms with Crippen LogP contribution in [0.25, 0.3) is 11.1 Å². The Bertz CT molecular complexity index is 1060. The summed E-state index contributed by atoms with van der Waals surface area (Å²) in [7, 11) is 1.63. The maximum atomic E-state index is 5.94. The highest BCUT2D eigenvalue weighted by atomic mass is 16.5. The quantitative estimate of drug-likeness (QED) is 0.669. The van der Waals surface area contributed by atoms with Crippen molar-refractivity contribution in [2.75, 3.05) is 13.7 Å². The van der Waals surface area contributed by atoms with Gasteiger partial charge in [0.1, 0.15) is 18.1 Å². The second kappa shape index (κ2) is 8.06. The minimum absolute atomic E-state index is 0.112. The topological polar surface area (TPSA) is 79.0 Å². The lowest BCUT2D eigenvalue weighted by Gasteiger charge is -2.26. The van der Waals surface area contributed by atoms with Crippen LogP contribution in [-0.4, -0.2) is 30.8 Å². The number of pyridine rings is 1. The SMILES string of the molecule is COc1cncc(-c2cccc([C@@]3(c4ccc(OC(C)C)cc4)COC(N)=N3)c2)c1. The van der Waals surface area contributed by atoms with Gasteiger partial charge in [-0.05, 0) is 54.8 Å². The van der Waals surface area contributed by atoms with Crippen LogP contribution >= 0.6 is 0 Å². The van der Waals surface area contributed by atoms with E-state index in [1.807, 2.05) is 68.6 Å². The lowest BCUT2D eigenvalue weighted by atomic mass is 9.83. The molecular formula is C24H25N3O3. The molecule has 154 valence electrons. The summed E-state index contributed by atoms with van der Waals surface area (Å²) < 4.78 is 16.7. The highest BCUT2D eigenvalue weighted by Gasteiger charge is 2.40. The molecule has 0 aliphatic carbocycles. The predicted molar refractivity (Wildman–Crippen MR) is 117 cm³/mol. The van der Waals surface area contributed by atoms with Crippen molar-refractivity contribution in [2.24, 2.45) is 10.7 Å². The highest BCUT2D eigenvalue weighted by molar-refractivity contribution is 5.76. The number of amidine groups is 1. The molecule has 4 rings (SSSR count). The van der Waals surface area contributed by atoms with Crippen molar-refractivity contribution in [2.45, 2.75) is 25.5 Å². The molecule has 0 amide bonds. The van der Waals surface area contributed by atoms with Crippen LogP contribution in [0.15, 0.2) is 72.0 Å². The molecule has 0 fully saturated rings. The predicted octanol–water partition coefficient (Wildman–Crippen LogP) is 4.13. The van der Waals surface area contributed by atoms with Crippen LogP contribution in [0.4, 0.5) is 0 Å². The number of aromatic nitrogens is 1. The Balaban J connectivity index is 1.76. The zero-order valence-corrected chi connectivity index (χ0v) is 17.3. The standard InChI is InChI=1S/C24H25N3O3/c1-16(2)30-21-9-7-19(8-10-21)24(15-29-23(25)27-24)20-6-4-5-17(11-20)18-12-22(28-3)14-26-13-18/h4-14,16H,15H2,1-3H3,(H2,25,27)/t24-/m0/s1. The second-order valence-corrected chi connectivity index (χ2v) is 7.48. The fourth-order valence-corrected chi connectivity index (χ4v) is 3.62. The number of hydrogen-bond donors (Lipinski definition) is 1. The van der Waals surface area contributed by atoms with Crippen LogP contribution in [0, 0.1) is 0 Å².